The van der Waals surface area contributed by atoms with Crippen molar-refractivity contribution in [2.45, 2.75) is 26.2 Å². The summed E-state index contributed by atoms with van der Waals surface area (Å²) < 4.78 is 0. The summed E-state index contributed by atoms with van der Waals surface area (Å²) in [6, 6.07) is 7.82. The molecule has 1 N–H and O–H groups in total. The van der Waals surface area contributed by atoms with Crippen molar-refractivity contribution in [2.75, 3.05) is 11.1 Å². The third-order valence-electron chi connectivity index (χ3n) is 2.15. The maximum absolute atomic E-state index is 11.4. The maximum Gasteiger partial charge on any atom is 0.224 e. The summed E-state index contributed by atoms with van der Waals surface area (Å²) in [7, 11) is 0. The smallest absolute Gasteiger partial charge is 0.224 e. The van der Waals surface area contributed by atoms with E-state index in [2.05, 4.69) is 17.9 Å². The third kappa shape index (κ3) is 4.88. The van der Waals surface area contributed by atoms with Crippen molar-refractivity contribution in [3.8, 4) is 0 Å². The number of anilines is 1. The van der Waals surface area contributed by atoms with Crippen molar-refractivity contribution in [1.82, 2.24) is 0 Å². The van der Waals surface area contributed by atoms with E-state index in [1.165, 1.54) is 5.56 Å². The standard InChI is InChI=1S/C12H17NOS/c1-10-5-7-11(8-6-10)13-12(14)4-2-3-9-15/h5-8,15H,2-4,9H2,1H3,(H,13,14). The van der Waals surface area contributed by atoms with Crippen LogP contribution in [0.2, 0.25) is 0 Å². The second-order valence-electron chi connectivity index (χ2n) is 3.59. The lowest BCUT2D eigenvalue weighted by Crippen LogP contribution is -2.10. The quantitative estimate of drug-likeness (QED) is 0.583. The van der Waals surface area contributed by atoms with Crippen molar-refractivity contribution in [1.29, 1.82) is 0 Å². The Morgan fingerprint density at radius 2 is 1.93 bits per heavy atom. The van der Waals surface area contributed by atoms with E-state index in [1.807, 2.05) is 31.2 Å². The molecule has 0 atom stereocenters. The van der Waals surface area contributed by atoms with E-state index in [1.54, 1.807) is 0 Å². The summed E-state index contributed by atoms with van der Waals surface area (Å²) in [4.78, 5) is 11.4. The van der Waals surface area contributed by atoms with Gasteiger partial charge in [-0.05, 0) is 37.7 Å². The highest BCUT2D eigenvalue weighted by atomic mass is 32.1. The van der Waals surface area contributed by atoms with Crippen molar-refractivity contribution in [2.24, 2.45) is 0 Å². The minimum absolute atomic E-state index is 0.0839. The number of unbranched alkanes of at least 4 members (excludes halogenated alkanes) is 1. The highest BCUT2D eigenvalue weighted by Gasteiger charge is 2.00. The molecule has 0 saturated carbocycles. The second kappa shape index (κ2) is 6.51. The van der Waals surface area contributed by atoms with Gasteiger partial charge in [0.1, 0.15) is 0 Å². The van der Waals surface area contributed by atoms with Crippen molar-refractivity contribution in [3.05, 3.63) is 29.8 Å². The third-order valence-corrected chi connectivity index (χ3v) is 2.46. The van der Waals surface area contributed by atoms with Gasteiger partial charge in [-0.25, -0.2) is 0 Å². The molecule has 0 radical (unpaired) electrons. The molecule has 0 fully saturated rings. The van der Waals surface area contributed by atoms with Crippen molar-refractivity contribution < 1.29 is 4.79 Å². The van der Waals surface area contributed by atoms with Crippen LogP contribution in [-0.4, -0.2) is 11.7 Å². The van der Waals surface area contributed by atoms with Crippen LogP contribution in [-0.2, 0) is 4.79 Å². The first-order valence-corrected chi connectivity index (χ1v) is 5.83. The summed E-state index contributed by atoms with van der Waals surface area (Å²) in [5.41, 5.74) is 2.07. The first kappa shape index (κ1) is 12.1. The molecule has 82 valence electrons. The molecule has 1 aromatic carbocycles. The zero-order chi connectivity index (χ0) is 11.1. The minimum Gasteiger partial charge on any atom is -0.326 e. The van der Waals surface area contributed by atoms with Gasteiger partial charge in [-0.3, -0.25) is 4.79 Å². The topological polar surface area (TPSA) is 29.1 Å². The Balaban J connectivity index is 2.34. The van der Waals surface area contributed by atoms with Crippen LogP contribution in [0.4, 0.5) is 5.69 Å². The number of hydrogen-bond donors (Lipinski definition) is 2. The molecule has 3 heteroatoms. The molecule has 0 spiro atoms. The molecule has 0 aromatic heterocycles. The minimum atomic E-state index is 0.0839. The van der Waals surface area contributed by atoms with E-state index in [0.717, 1.165) is 24.3 Å². The molecule has 1 amide bonds. The summed E-state index contributed by atoms with van der Waals surface area (Å²) in [6.45, 7) is 2.03. The Hall–Kier alpha value is -0.960. The molecule has 0 unspecified atom stereocenters. The van der Waals surface area contributed by atoms with Crippen LogP contribution in [0, 0.1) is 6.92 Å². The van der Waals surface area contributed by atoms with Gasteiger partial charge in [-0.15, -0.1) is 0 Å². The number of thiol groups is 1. The van der Waals surface area contributed by atoms with Crippen molar-refractivity contribution in [3.63, 3.8) is 0 Å². The summed E-state index contributed by atoms with van der Waals surface area (Å²) in [5.74, 6) is 0.929. The number of hydrogen-bond acceptors (Lipinski definition) is 2. The normalized spacial score (nSPS) is 10.0. The lowest BCUT2D eigenvalue weighted by molar-refractivity contribution is -0.116. The Bertz CT molecular complexity index is 308. The average molecular weight is 223 g/mol. The molecule has 1 aromatic rings. The first-order chi connectivity index (χ1) is 7.22. The van der Waals surface area contributed by atoms with E-state index < -0.39 is 0 Å². The molecule has 0 aliphatic rings. The zero-order valence-electron chi connectivity index (χ0n) is 8.99. The Kier molecular flexibility index (Phi) is 5.26. The number of carbonyl (C=O) groups is 1. The summed E-state index contributed by atoms with van der Waals surface area (Å²) >= 11 is 4.10. The molecular weight excluding hydrogens is 206 g/mol. The van der Waals surface area contributed by atoms with Crippen LogP contribution in [0.25, 0.3) is 0 Å². The number of nitrogens with one attached hydrogen (secondary N) is 1. The van der Waals surface area contributed by atoms with Crippen LogP contribution in [0.3, 0.4) is 0 Å². The van der Waals surface area contributed by atoms with Gasteiger partial charge in [0.25, 0.3) is 0 Å². The van der Waals surface area contributed by atoms with Crippen LogP contribution in [0.15, 0.2) is 24.3 Å². The summed E-state index contributed by atoms with van der Waals surface area (Å²) in [5, 5.41) is 2.86. The van der Waals surface area contributed by atoms with Crippen LogP contribution in [0.1, 0.15) is 24.8 Å². The van der Waals surface area contributed by atoms with E-state index in [4.69, 9.17) is 0 Å². The highest BCUT2D eigenvalue weighted by molar-refractivity contribution is 7.80. The highest BCUT2D eigenvalue weighted by Crippen LogP contribution is 2.09. The number of carbonyl (C=O) groups excluding carboxylic acids is 1. The number of benzene rings is 1. The van der Waals surface area contributed by atoms with Gasteiger partial charge < -0.3 is 5.32 Å². The molecular formula is C12H17NOS. The Labute approximate surface area is 96.5 Å². The monoisotopic (exact) mass is 223 g/mol. The van der Waals surface area contributed by atoms with E-state index >= 15 is 0 Å². The van der Waals surface area contributed by atoms with Gasteiger partial charge in [0.05, 0.1) is 0 Å². The van der Waals surface area contributed by atoms with E-state index in [0.29, 0.717) is 6.42 Å². The fourth-order valence-corrected chi connectivity index (χ4v) is 1.48. The zero-order valence-corrected chi connectivity index (χ0v) is 9.89. The molecule has 15 heavy (non-hydrogen) atoms. The molecule has 0 saturated heterocycles. The first-order valence-electron chi connectivity index (χ1n) is 5.20. The fourth-order valence-electron chi connectivity index (χ4n) is 1.26. The van der Waals surface area contributed by atoms with Crippen LogP contribution >= 0.6 is 12.6 Å². The predicted octanol–water partition coefficient (Wildman–Crippen LogP) is 3.03. The number of amides is 1. The van der Waals surface area contributed by atoms with Gasteiger partial charge in [-0.1, -0.05) is 17.7 Å². The Morgan fingerprint density at radius 3 is 2.53 bits per heavy atom. The number of aryl methyl sites for hydroxylation is 1. The van der Waals surface area contributed by atoms with Gasteiger partial charge >= 0.3 is 0 Å². The van der Waals surface area contributed by atoms with Gasteiger partial charge in [0, 0.05) is 12.1 Å². The fraction of sp³-hybridized carbons (Fsp3) is 0.417. The molecule has 0 aliphatic heterocycles. The van der Waals surface area contributed by atoms with E-state index in [-0.39, 0.29) is 5.91 Å². The molecule has 1 rings (SSSR count). The molecule has 0 heterocycles. The second-order valence-corrected chi connectivity index (χ2v) is 4.04. The molecule has 0 bridgehead atoms. The lowest BCUT2D eigenvalue weighted by atomic mass is 10.2. The Morgan fingerprint density at radius 1 is 1.27 bits per heavy atom. The maximum atomic E-state index is 11.4. The molecule has 0 aliphatic carbocycles. The number of rotatable bonds is 5. The van der Waals surface area contributed by atoms with Crippen LogP contribution in [0.5, 0.6) is 0 Å². The average Bonchev–Trinajstić information content (AvgIpc) is 2.22. The predicted molar refractivity (Wildman–Crippen MR) is 67.5 cm³/mol. The van der Waals surface area contributed by atoms with Gasteiger partial charge in [0.15, 0.2) is 0 Å². The van der Waals surface area contributed by atoms with Crippen molar-refractivity contribution >= 4 is 24.2 Å². The van der Waals surface area contributed by atoms with Gasteiger partial charge in [0.2, 0.25) is 5.91 Å². The van der Waals surface area contributed by atoms with Crippen LogP contribution < -0.4 is 5.32 Å². The lowest BCUT2D eigenvalue weighted by Gasteiger charge is -2.04. The van der Waals surface area contributed by atoms with E-state index in [9.17, 15) is 4.79 Å². The summed E-state index contributed by atoms with van der Waals surface area (Å²) in [6.07, 6.45) is 2.47. The molecule has 2 nitrogen and oxygen atoms in total. The SMILES string of the molecule is Cc1ccc(NC(=O)CCCCS)cc1. The van der Waals surface area contributed by atoms with Gasteiger partial charge in [-0.2, -0.15) is 12.6 Å². The largest absolute Gasteiger partial charge is 0.326 e.